The molecule has 2 unspecified atom stereocenters. The van der Waals surface area contributed by atoms with Crippen molar-refractivity contribution in [3.63, 3.8) is 0 Å². The highest BCUT2D eigenvalue weighted by Crippen LogP contribution is 2.30. The minimum Gasteiger partial charge on any atom is -0.343 e. The van der Waals surface area contributed by atoms with Crippen molar-refractivity contribution in [2.75, 3.05) is 0 Å². The van der Waals surface area contributed by atoms with Gasteiger partial charge in [-0.25, -0.2) is 0 Å². The number of nitrogens with one attached hydrogen (secondary N) is 2. The highest BCUT2D eigenvalue weighted by Gasteiger charge is 2.29. The highest BCUT2D eigenvalue weighted by molar-refractivity contribution is 6.31. The van der Waals surface area contributed by atoms with Crippen LogP contribution in [0.25, 0.3) is 0 Å². The zero-order valence-corrected chi connectivity index (χ0v) is 19.4. The van der Waals surface area contributed by atoms with Crippen LogP contribution in [0.4, 0.5) is 0 Å². The number of aromatic nitrogens is 2. The third-order valence-corrected chi connectivity index (χ3v) is 5.68. The molecule has 2 N–H and O–H groups in total. The van der Waals surface area contributed by atoms with Crippen LogP contribution in [0, 0.1) is 0 Å². The van der Waals surface area contributed by atoms with E-state index in [1.807, 2.05) is 0 Å². The van der Waals surface area contributed by atoms with Crippen molar-refractivity contribution in [3.8, 4) is 0 Å². The van der Waals surface area contributed by atoms with Crippen molar-refractivity contribution in [2.24, 2.45) is 0 Å². The van der Waals surface area contributed by atoms with Crippen LogP contribution in [0.1, 0.15) is 43.9 Å². The van der Waals surface area contributed by atoms with Crippen molar-refractivity contribution in [1.29, 1.82) is 0 Å². The van der Waals surface area contributed by atoms with E-state index in [2.05, 4.69) is 20.6 Å². The molecule has 0 fully saturated rings. The van der Waals surface area contributed by atoms with Gasteiger partial charge < -0.3 is 10.6 Å². The number of halogens is 2. The Balaban J connectivity index is 1.73. The number of nitrogens with zero attached hydrogens (tertiary/aromatic N) is 2. The lowest BCUT2D eigenvalue weighted by Gasteiger charge is -2.30. The van der Waals surface area contributed by atoms with Gasteiger partial charge in [0, 0.05) is 46.0 Å². The molecule has 2 amide bonds. The summed E-state index contributed by atoms with van der Waals surface area (Å²) in [5.41, 5.74) is 2.33. The average Bonchev–Trinajstić information content (AvgIpc) is 2.87. The van der Waals surface area contributed by atoms with Gasteiger partial charge in [0.2, 0.25) is 0 Å². The van der Waals surface area contributed by atoms with E-state index in [4.69, 9.17) is 23.2 Å². The number of benzene rings is 2. The molecule has 34 heavy (non-hydrogen) atoms. The van der Waals surface area contributed by atoms with E-state index in [1.54, 1.807) is 97.6 Å². The zero-order chi connectivity index (χ0) is 23.9. The monoisotopic (exact) mass is 490 g/mol. The predicted octanol–water partition coefficient (Wildman–Crippen LogP) is 5.43. The molecule has 0 radical (unpaired) electrons. The SMILES string of the molecule is O=C(NC(c1ccncc1)C(NC(=O)c1cccc(Cl)c1)c1ccncc1)c1cccc(Cl)c1. The van der Waals surface area contributed by atoms with Crippen LogP contribution in [-0.2, 0) is 0 Å². The molecule has 2 aromatic carbocycles. The summed E-state index contributed by atoms with van der Waals surface area (Å²) in [6, 6.07) is 19.3. The largest absolute Gasteiger partial charge is 0.343 e. The van der Waals surface area contributed by atoms with Crippen molar-refractivity contribution >= 4 is 35.0 Å². The predicted molar refractivity (Wildman–Crippen MR) is 132 cm³/mol. The molecular formula is C26H20Cl2N4O2. The number of rotatable bonds is 7. The van der Waals surface area contributed by atoms with E-state index < -0.39 is 12.1 Å². The molecule has 0 aliphatic carbocycles. The third kappa shape index (κ3) is 5.78. The first-order valence-corrected chi connectivity index (χ1v) is 11.2. The fourth-order valence-electron chi connectivity index (χ4n) is 3.57. The molecule has 170 valence electrons. The van der Waals surface area contributed by atoms with Gasteiger partial charge in [-0.2, -0.15) is 0 Å². The fraction of sp³-hybridized carbons (Fsp3) is 0.0769. The molecule has 0 bridgehead atoms. The van der Waals surface area contributed by atoms with Crippen LogP contribution in [0.2, 0.25) is 10.0 Å². The van der Waals surface area contributed by atoms with E-state index in [1.165, 1.54) is 0 Å². The number of hydrogen-bond donors (Lipinski definition) is 2. The Morgan fingerprint density at radius 3 is 1.35 bits per heavy atom. The van der Waals surface area contributed by atoms with E-state index in [0.29, 0.717) is 21.2 Å². The Hall–Kier alpha value is -3.74. The zero-order valence-electron chi connectivity index (χ0n) is 17.9. The molecular weight excluding hydrogens is 471 g/mol. The molecule has 2 aromatic heterocycles. The van der Waals surface area contributed by atoms with Crippen LogP contribution in [-0.4, -0.2) is 21.8 Å². The number of amides is 2. The van der Waals surface area contributed by atoms with Gasteiger partial charge in [0.1, 0.15) is 0 Å². The first-order valence-electron chi connectivity index (χ1n) is 10.4. The Bertz CT molecular complexity index is 1190. The van der Waals surface area contributed by atoms with Crippen LogP contribution >= 0.6 is 23.2 Å². The van der Waals surface area contributed by atoms with Gasteiger partial charge in [-0.15, -0.1) is 0 Å². The maximum atomic E-state index is 13.2. The highest BCUT2D eigenvalue weighted by atomic mass is 35.5. The summed E-state index contributed by atoms with van der Waals surface area (Å²) in [5, 5.41) is 7.02. The molecule has 2 atom stereocenters. The maximum absolute atomic E-state index is 13.2. The topological polar surface area (TPSA) is 84.0 Å². The number of carbonyl (C=O) groups excluding carboxylic acids is 2. The molecule has 8 heteroatoms. The summed E-state index contributed by atoms with van der Waals surface area (Å²) in [6.07, 6.45) is 6.54. The van der Waals surface area contributed by atoms with Gasteiger partial charge in [-0.1, -0.05) is 35.3 Å². The van der Waals surface area contributed by atoms with Crippen LogP contribution < -0.4 is 10.6 Å². The lowest BCUT2D eigenvalue weighted by molar-refractivity contribution is 0.0881. The first-order chi connectivity index (χ1) is 16.5. The minimum atomic E-state index is -0.625. The lowest BCUT2D eigenvalue weighted by atomic mass is 9.93. The number of carbonyl (C=O) groups is 2. The standard InChI is InChI=1S/C26H20Cl2N4O2/c27-21-5-1-3-19(15-21)25(33)31-23(17-7-11-29-12-8-17)24(18-9-13-30-14-10-18)32-26(34)20-4-2-6-22(28)16-20/h1-16,23-24H,(H,31,33)(H,32,34). The Morgan fingerprint density at radius 2 is 1.00 bits per heavy atom. The molecule has 0 saturated heterocycles. The van der Waals surface area contributed by atoms with Gasteiger partial charge in [-0.05, 0) is 71.8 Å². The van der Waals surface area contributed by atoms with Crippen LogP contribution in [0.5, 0.6) is 0 Å². The summed E-state index contributed by atoms with van der Waals surface area (Å²) in [6.45, 7) is 0. The average molecular weight is 491 g/mol. The molecule has 0 saturated carbocycles. The second-order valence-electron chi connectivity index (χ2n) is 7.48. The second-order valence-corrected chi connectivity index (χ2v) is 8.36. The lowest BCUT2D eigenvalue weighted by Crippen LogP contribution is -2.41. The van der Waals surface area contributed by atoms with E-state index in [0.717, 1.165) is 11.1 Å². The molecule has 4 aromatic rings. The Morgan fingerprint density at radius 1 is 0.618 bits per heavy atom. The number of hydrogen-bond acceptors (Lipinski definition) is 4. The molecule has 0 spiro atoms. The van der Waals surface area contributed by atoms with Gasteiger partial charge >= 0.3 is 0 Å². The number of pyridine rings is 2. The van der Waals surface area contributed by atoms with Crippen LogP contribution in [0.15, 0.2) is 97.6 Å². The summed E-state index contributed by atoms with van der Waals surface area (Å²) in [7, 11) is 0. The van der Waals surface area contributed by atoms with Crippen molar-refractivity contribution in [1.82, 2.24) is 20.6 Å². The first kappa shape index (κ1) is 23.4. The van der Waals surface area contributed by atoms with Crippen molar-refractivity contribution < 1.29 is 9.59 Å². The van der Waals surface area contributed by atoms with Gasteiger partial charge in [0.05, 0.1) is 12.1 Å². The van der Waals surface area contributed by atoms with Gasteiger partial charge in [-0.3, -0.25) is 19.6 Å². The molecule has 0 aliphatic rings. The van der Waals surface area contributed by atoms with E-state index in [-0.39, 0.29) is 11.8 Å². The summed E-state index contributed by atoms with van der Waals surface area (Å²) < 4.78 is 0. The van der Waals surface area contributed by atoms with Crippen LogP contribution in [0.3, 0.4) is 0 Å². The second kappa shape index (κ2) is 10.9. The molecule has 0 aliphatic heterocycles. The molecule has 6 nitrogen and oxygen atoms in total. The van der Waals surface area contributed by atoms with Gasteiger partial charge in [0.15, 0.2) is 0 Å². The summed E-state index contributed by atoms with van der Waals surface area (Å²) in [4.78, 5) is 34.5. The Labute approximate surface area is 207 Å². The molecule has 2 heterocycles. The summed E-state index contributed by atoms with van der Waals surface area (Å²) >= 11 is 12.2. The molecule has 4 rings (SSSR count). The van der Waals surface area contributed by atoms with E-state index in [9.17, 15) is 9.59 Å². The van der Waals surface area contributed by atoms with E-state index >= 15 is 0 Å². The maximum Gasteiger partial charge on any atom is 0.251 e. The smallest absolute Gasteiger partial charge is 0.251 e. The quantitative estimate of drug-likeness (QED) is 0.361. The normalized spacial score (nSPS) is 12.4. The van der Waals surface area contributed by atoms with Crippen molar-refractivity contribution in [3.05, 3.63) is 130 Å². The van der Waals surface area contributed by atoms with Crippen molar-refractivity contribution in [2.45, 2.75) is 12.1 Å². The fourth-order valence-corrected chi connectivity index (χ4v) is 3.95. The Kier molecular flexibility index (Phi) is 7.52. The van der Waals surface area contributed by atoms with Gasteiger partial charge in [0.25, 0.3) is 11.8 Å². The summed E-state index contributed by atoms with van der Waals surface area (Å²) in [5.74, 6) is -0.666. The third-order valence-electron chi connectivity index (χ3n) is 5.21. The minimum absolute atomic E-state index is 0.333.